The summed E-state index contributed by atoms with van der Waals surface area (Å²) in [4.78, 5) is 32.2. The van der Waals surface area contributed by atoms with Crippen LogP contribution in [-0.4, -0.2) is 93.2 Å². The Labute approximate surface area is 376 Å². The molecular formula is C51H61NO12. The third kappa shape index (κ3) is 12.2. The fourth-order valence-corrected chi connectivity index (χ4v) is 7.44. The molecule has 3 aliphatic rings. The van der Waals surface area contributed by atoms with E-state index in [4.69, 9.17) is 47.4 Å². The van der Waals surface area contributed by atoms with Crippen molar-refractivity contribution < 1.29 is 57.0 Å². The molecule has 2 unspecified atom stereocenters. The first-order chi connectivity index (χ1) is 30.8. The Morgan fingerprint density at radius 1 is 0.625 bits per heavy atom. The van der Waals surface area contributed by atoms with Crippen LogP contribution in [0.25, 0.3) is 0 Å². The first-order valence-corrected chi connectivity index (χ1v) is 21.9. The van der Waals surface area contributed by atoms with Gasteiger partial charge in [0.25, 0.3) is 5.91 Å². The van der Waals surface area contributed by atoms with Gasteiger partial charge >= 0.3 is 5.97 Å². The van der Waals surface area contributed by atoms with Crippen LogP contribution in [0.15, 0.2) is 126 Å². The first kappa shape index (κ1) is 47.3. The minimum Gasteiger partial charge on any atom is -0.453 e. The summed E-state index contributed by atoms with van der Waals surface area (Å²) in [5.74, 6) is -0.987. The molecule has 13 heteroatoms. The molecule has 0 bridgehead atoms. The molecule has 3 saturated heterocycles. The molecule has 0 radical (unpaired) electrons. The van der Waals surface area contributed by atoms with E-state index in [1.54, 1.807) is 48.7 Å². The summed E-state index contributed by atoms with van der Waals surface area (Å²) in [7, 11) is 1.55. The number of benzene rings is 4. The molecule has 1 amide bonds. The van der Waals surface area contributed by atoms with E-state index in [1.807, 2.05) is 121 Å². The van der Waals surface area contributed by atoms with Crippen molar-refractivity contribution in [1.82, 2.24) is 0 Å². The molecule has 13 nitrogen and oxygen atoms in total. The summed E-state index contributed by atoms with van der Waals surface area (Å²) in [5, 5.41) is 0. The van der Waals surface area contributed by atoms with Crippen molar-refractivity contribution in [3.05, 3.63) is 144 Å². The Morgan fingerprint density at radius 3 is 1.66 bits per heavy atom. The maximum Gasteiger partial charge on any atom is 0.311 e. The fraction of sp³-hybridized carbons (Fsp3) is 0.471. The van der Waals surface area contributed by atoms with Crippen LogP contribution in [-0.2, 0) is 76.8 Å². The zero-order valence-electron chi connectivity index (χ0n) is 37.7. The highest BCUT2D eigenvalue weighted by atomic mass is 16.8. The van der Waals surface area contributed by atoms with Gasteiger partial charge in [-0.2, -0.15) is 0 Å². The second-order valence-corrected chi connectivity index (χ2v) is 18.2. The lowest BCUT2D eigenvalue weighted by Crippen LogP contribution is -2.64. The van der Waals surface area contributed by atoms with Gasteiger partial charge < -0.3 is 47.4 Å². The Kier molecular flexibility index (Phi) is 15.9. The van der Waals surface area contributed by atoms with Crippen molar-refractivity contribution in [3.8, 4) is 0 Å². The molecule has 7 rings (SSSR count). The van der Waals surface area contributed by atoms with Crippen LogP contribution >= 0.6 is 0 Å². The molecule has 0 saturated carbocycles. The van der Waals surface area contributed by atoms with E-state index in [0.29, 0.717) is 0 Å². The topological polar surface area (TPSA) is 139 Å². The highest BCUT2D eigenvalue weighted by Crippen LogP contribution is 2.37. The molecule has 0 aromatic heterocycles. The first-order valence-electron chi connectivity index (χ1n) is 21.9. The van der Waals surface area contributed by atoms with Crippen LogP contribution in [0.1, 0.15) is 70.1 Å². The summed E-state index contributed by atoms with van der Waals surface area (Å²) >= 11 is 0. The molecule has 0 N–H and O–H groups in total. The zero-order chi connectivity index (χ0) is 45.3. The lowest BCUT2D eigenvalue weighted by molar-refractivity contribution is -0.334. The predicted molar refractivity (Wildman–Crippen MR) is 237 cm³/mol. The molecule has 0 spiro atoms. The van der Waals surface area contributed by atoms with Gasteiger partial charge in [0.1, 0.15) is 42.3 Å². The summed E-state index contributed by atoms with van der Waals surface area (Å²) in [6.07, 6.45) is -8.99. The lowest BCUT2D eigenvalue weighted by atomic mass is 9.93. The minimum atomic E-state index is -1.30. The number of amides is 1. The molecule has 3 heterocycles. The van der Waals surface area contributed by atoms with Gasteiger partial charge in [0.2, 0.25) is 6.29 Å². The summed E-state index contributed by atoms with van der Waals surface area (Å²) in [6, 6.07) is 38.9. The summed E-state index contributed by atoms with van der Waals surface area (Å²) in [6.45, 7) is 11.2. The van der Waals surface area contributed by atoms with Crippen molar-refractivity contribution in [2.24, 2.45) is 15.8 Å². The smallest absolute Gasteiger partial charge is 0.311 e. The van der Waals surface area contributed by atoms with Gasteiger partial charge in [-0.05, 0) is 37.5 Å². The Balaban J connectivity index is 1.23. The number of hydrogen-bond donors (Lipinski definition) is 0. The number of aliphatic imine (C=N–C) groups is 1. The quantitative estimate of drug-likeness (QED) is 0.107. The van der Waals surface area contributed by atoms with Crippen LogP contribution in [0, 0.1) is 10.8 Å². The predicted octanol–water partition coefficient (Wildman–Crippen LogP) is 7.94. The van der Waals surface area contributed by atoms with Crippen LogP contribution in [0.5, 0.6) is 0 Å². The van der Waals surface area contributed by atoms with Gasteiger partial charge in [-0.25, -0.2) is 4.99 Å². The number of ether oxygens (including phenoxy) is 10. The van der Waals surface area contributed by atoms with Gasteiger partial charge in [-0.15, -0.1) is 0 Å². The molecule has 64 heavy (non-hydrogen) atoms. The van der Waals surface area contributed by atoms with Gasteiger partial charge in [-0.3, -0.25) is 9.59 Å². The molecule has 10 atom stereocenters. The summed E-state index contributed by atoms with van der Waals surface area (Å²) < 4.78 is 65.2. The van der Waals surface area contributed by atoms with Crippen molar-refractivity contribution in [1.29, 1.82) is 0 Å². The third-order valence-corrected chi connectivity index (χ3v) is 11.1. The number of nitrogens with zero attached hydrogens (tertiary/aromatic N) is 1. The zero-order valence-corrected chi connectivity index (χ0v) is 37.7. The molecular weight excluding hydrogens is 819 g/mol. The van der Waals surface area contributed by atoms with Gasteiger partial charge in [-0.1, -0.05) is 142 Å². The van der Waals surface area contributed by atoms with E-state index >= 15 is 0 Å². The van der Waals surface area contributed by atoms with E-state index in [2.05, 4.69) is 4.99 Å². The fourth-order valence-electron chi connectivity index (χ4n) is 7.44. The minimum absolute atomic E-state index is 0.0503. The highest BCUT2D eigenvalue weighted by Gasteiger charge is 2.53. The molecule has 0 aliphatic carbocycles. The van der Waals surface area contributed by atoms with Crippen molar-refractivity contribution in [2.75, 3.05) is 20.3 Å². The van der Waals surface area contributed by atoms with Gasteiger partial charge in [0.05, 0.1) is 38.4 Å². The van der Waals surface area contributed by atoms with Gasteiger partial charge in [0.15, 0.2) is 18.7 Å². The van der Waals surface area contributed by atoms with Crippen molar-refractivity contribution >= 4 is 17.6 Å². The molecule has 4 aromatic carbocycles. The second-order valence-electron chi connectivity index (χ2n) is 18.2. The average Bonchev–Trinajstić information content (AvgIpc) is 3.30. The number of fused-ring (bicyclic) bond motifs is 1. The lowest BCUT2D eigenvalue weighted by Gasteiger charge is -2.47. The van der Waals surface area contributed by atoms with Crippen molar-refractivity contribution in [3.63, 3.8) is 0 Å². The number of carbonyl (C=O) groups is 2. The Bertz CT molecular complexity index is 2110. The molecule has 342 valence electrons. The number of rotatable bonds is 15. The molecule has 4 aromatic rings. The van der Waals surface area contributed by atoms with Gasteiger partial charge in [0, 0.05) is 18.1 Å². The monoisotopic (exact) mass is 879 g/mol. The largest absolute Gasteiger partial charge is 0.453 e. The van der Waals surface area contributed by atoms with E-state index in [9.17, 15) is 9.59 Å². The number of methoxy groups -OCH3 is 1. The summed E-state index contributed by atoms with van der Waals surface area (Å²) in [5.41, 5.74) is 1.86. The maximum absolute atomic E-state index is 13.8. The van der Waals surface area contributed by atoms with Crippen LogP contribution < -0.4 is 0 Å². The second kappa shape index (κ2) is 21.5. The Hall–Kier alpha value is -4.67. The van der Waals surface area contributed by atoms with E-state index in [0.717, 1.165) is 22.3 Å². The maximum atomic E-state index is 13.8. The standard InChI is InChI=1S/C51H61NO12/c1-50(2,3)48(53)52-39-42(64-49(54)51(4,5)6)41-38(32-59-45(63-41)36-26-18-11-19-27-36)61-46(39)60-31-37-40(56-28-33-20-12-8-13-21-33)43(57-29-34-22-14-9-15-23-34)44(47(55-7)62-37)58-30-35-24-16-10-17-25-35/h8-27,37-38,40-47H,28-32H2,1-7H3/t37-,38-,40-,41-,42-,43+,44-,45?,46?,47+/m1/s1. The van der Waals surface area contributed by atoms with Crippen LogP contribution in [0.3, 0.4) is 0 Å². The number of carbonyl (C=O) groups excluding carboxylic acids is 2. The number of esters is 1. The molecule has 3 fully saturated rings. The highest BCUT2D eigenvalue weighted by molar-refractivity contribution is 6.03. The van der Waals surface area contributed by atoms with E-state index < -0.39 is 84.3 Å². The number of hydrogen-bond acceptors (Lipinski definition) is 12. The van der Waals surface area contributed by atoms with E-state index in [-0.39, 0.29) is 38.7 Å². The molecule has 3 aliphatic heterocycles. The van der Waals surface area contributed by atoms with Crippen molar-refractivity contribution in [2.45, 2.75) is 123 Å². The average molecular weight is 880 g/mol. The van der Waals surface area contributed by atoms with Crippen LogP contribution in [0.4, 0.5) is 0 Å². The van der Waals surface area contributed by atoms with Crippen LogP contribution in [0.2, 0.25) is 0 Å². The Morgan fingerprint density at radius 2 is 1.14 bits per heavy atom. The van der Waals surface area contributed by atoms with E-state index in [1.165, 1.54) is 0 Å². The third-order valence-electron chi connectivity index (χ3n) is 11.1. The SMILES string of the molecule is CO[C@H]1O[C@H](COC2O[C@@H]3COC(c4ccccc4)O[C@H]3[C@H](OC(=O)C(C)(C)C)C2=NC(=O)C(C)(C)C)[C@@H](OCc2ccccc2)[C@H](OCc2ccccc2)[C@H]1OCc1ccccc1. The normalized spacial score (nSPS) is 28.0.